The van der Waals surface area contributed by atoms with Crippen molar-refractivity contribution in [3.8, 4) is 17.4 Å². The number of hydrogen-bond donors (Lipinski definition) is 2. The van der Waals surface area contributed by atoms with Gasteiger partial charge in [0.2, 0.25) is 11.8 Å². The molecule has 0 bridgehead atoms. The summed E-state index contributed by atoms with van der Waals surface area (Å²) >= 11 is 6.18. The molecule has 1 saturated heterocycles. The third kappa shape index (κ3) is 3.57. The van der Waals surface area contributed by atoms with E-state index in [0.29, 0.717) is 84.2 Å². The van der Waals surface area contributed by atoms with E-state index in [4.69, 9.17) is 30.5 Å². The predicted molar refractivity (Wildman–Crippen MR) is 113 cm³/mol. The van der Waals surface area contributed by atoms with Crippen molar-refractivity contribution in [3.05, 3.63) is 28.9 Å². The average molecular weight is 446 g/mol. The number of ether oxygens (including phenoxy) is 4. The van der Waals surface area contributed by atoms with E-state index < -0.39 is 0 Å². The number of nitrogens with one attached hydrogen (secondary N) is 2. The number of hydrogen-bond acceptors (Lipinski definition) is 8. The Hall–Kier alpha value is -3.24. The predicted octanol–water partition coefficient (Wildman–Crippen LogP) is 2.61. The molecule has 5 rings (SSSR count). The normalized spacial score (nSPS) is 15.7. The number of H-pyrrole nitrogens is 1. The summed E-state index contributed by atoms with van der Waals surface area (Å²) in [6.45, 7) is 2.86. The van der Waals surface area contributed by atoms with E-state index >= 15 is 0 Å². The van der Waals surface area contributed by atoms with Gasteiger partial charge in [-0.05, 0) is 12.1 Å². The second-order valence-electron chi connectivity index (χ2n) is 6.96. The Balaban J connectivity index is 1.50. The number of amides is 1. The lowest BCUT2D eigenvalue weighted by molar-refractivity contribution is 0.0298. The first-order valence-electron chi connectivity index (χ1n) is 9.81. The van der Waals surface area contributed by atoms with Crippen molar-refractivity contribution in [1.82, 2.24) is 19.9 Å². The summed E-state index contributed by atoms with van der Waals surface area (Å²) in [6.07, 6.45) is 1.62. The molecular formula is C20H20ClN5O5. The number of morpholine rings is 1. The van der Waals surface area contributed by atoms with E-state index in [-0.39, 0.29) is 11.9 Å². The van der Waals surface area contributed by atoms with Crippen molar-refractivity contribution in [3.63, 3.8) is 0 Å². The summed E-state index contributed by atoms with van der Waals surface area (Å²) in [4.78, 5) is 26.6. The Kier molecular flexibility index (Phi) is 5.16. The zero-order valence-corrected chi connectivity index (χ0v) is 17.5. The number of anilines is 2. The Morgan fingerprint density at radius 3 is 2.71 bits per heavy atom. The Bertz CT molecular complexity index is 1140. The fourth-order valence-corrected chi connectivity index (χ4v) is 3.85. The van der Waals surface area contributed by atoms with Crippen LogP contribution in [0.5, 0.6) is 17.4 Å². The topological polar surface area (TPSA) is 111 Å². The molecule has 2 N–H and O–H groups in total. The zero-order chi connectivity index (χ0) is 21.4. The molecule has 0 atom stereocenters. The molecule has 2 aromatic heterocycles. The van der Waals surface area contributed by atoms with Crippen LogP contribution in [0.3, 0.4) is 0 Å². The molecule has 1 fully saturated rings. The van der Waals surface area contributed by atoms with E-state index in [1.54, 1.807) is 23.2 Å². The van der Waals surface area contributed by atoms with Crippen LogP contribution >= 0.6 is 11.6 Å². The van der Waals surface area contributed by atoms with Crippen LogP contribution in [0.4, 0.5) is 11.6 Å². The van der Waals surface area contributed by atoms with Crippen molar-refractivity contribution in [1.29, 1.82) is 0 Å². The van der Waals surface area contributed by atoms with Crippen LogP contribution in [0.1, 0.15) is 10.4 Å². The minimum Gasteiger partial charge on any atom is -0.485 e. The Morgan fingerprint density at radius 2 is 1.94 bits per heavy atom. The number of aromatic amines is 1. The van der Waals surface area contributed by atoms with E-state index in [2.05, 4.69) is 20.3 Å². The molecule has 1 aromatic carbocycles. The largest absolute Gasteiger partial charge is 0.485 e. The molecular weight excluding hydrogens is 426 g/mol. The maximum Gasteiger partial charge on any atom is 0.257 e. The molecule has 31 heavy (non-hydrogen) atoms. The van der Waals surface area contributed by atoms with Gasteiger partial charge in [-0.25, -0.2) is 0 Å². The first kappa shape index (κ1) is 19.7. The van der Waals surface area contributed by atoms with Crippen LogP contribution < -0.4 is 19.5 Å². The number of rotatable bonds is 4. The number of benzene rings is 1. The van der Waals surface area contributed by atoms with Gasteiger partial charge in [-0.15, -0.1) is 0 Å². The van der Waals surface area contributed by atoms with Crippen molar-refractivity contribution in [2.24, 2.45) is 0 Å². The summed E-state index contributed by atoms with van der Waals surface area (Å²) in [7, 11) is 1.51. The summed E-state index contributed by atoms with van der Waals surface area (Å²) in [6, 6.07) is 3.47. The highest BCUT2D eigenvalue weighted by Crippen LogP contribution is 2.42. The SMILES string of the molecule is COc1nc(Nc2ccc(C(=O)N3CCOCC3)c3c2OCCO3)nc2[nH]cc(Cl)c12. The minimum absolute atomic E-state index is 0.114. The molecule has 0 unspecified atom stereocenters. The maximum atomic E-state index is 13.0. The summed E-state index contributed by atoms with van der Waals surface area (Å²) in [5.74, 6) is 1.36. The first-order valence-corrected chi connectivity index (χ1v) is 10.2. The number of aromatic nitrogens is 3. The second kappa shape index (κ2) is 8.12. The fourth-order valence-electron chi connectivity index (χ4n) is 3.63. The molecule has 2 aliphatic heterocycles. The molecule has 162 valence electrons. The molecule has 0 spiro atoms. The van der Waals surface area contributed by atoms with Gasteiger partial charge in [-0.2, -0.15) is 9.97 Å². The number of carbonyl (C=O) groups is 1. The maximum absolute atomic E-state index is 13.0. The zero-order valence-electron chi connectivity index (χ0n) is 16.7. The van der Waals surface area contributed by atoms with Crippen molar-refractivity contribution in [2.75, 3.05) is 51.9 Å². The lowest BCUT2D eigenvalue weighted by Gasteiger charge is -2.29. The Morgan fingerprint density at radius 1 is 1.16 bits per heavy atom. The lowest BCUT2D eigenvalue weighted by atomic mass is 10.1. The standard InChI is InChI=1S/C20H20ClN5O5/c1-28-18-14-12(21)10-22-17(14)24-20(25-18)23-13-3-2-11(15-16(13)31-9-8-30-15)19(27)26-4-6-29-7-5-26/h2-3,10H,4-9H2,1H3,(H2,22,23,24,25). The van der Waals surface area contributed by atoms with E-state index in [1.807, 2.05) is 0 Å². The van der Waals surface area contributed by atoms with E-state index in [0.717, 1.165) is 0 Å². The fraction of sp³-hybridized carbons (Fsp3) is 0.350. The quantitative estimate of drug-likeness (QED) is 0.630. The van der Waals surface area contributed by atoms with Crippen LogP contribution in [0.15, 0.2) is 18.3 Å². The monoisotopic (exact) mass is 445 g/mol. The molecule has 11 heteroatoms. The molecule has 1 amide bonds. The number of methoxy groups -OCH3 is 1. The van der Waals surface area contributed by atoms with Gasteiger partial charge in [0.15, 0.2) is 11.5 Å². The molecule has 0 aliphatic carbocycles. The van der Waals surface area contributed by atoms with Crippen molar-refractivity contribution >= 4 is 40.2 Å². The molecule has 2 aliphatic rings. The average Bonchev–Trinajstić information content (AvgIpc) is 3.19. The number of nitrogens with zero attached hydrogens (tertiary/aromatic N) is 3. The minimum atomic E-state index is -0.114. The highest BCUT2D eigenvalue weighted by Gasteiger charge is 2.28. The van der Waals surface area contributed by atoms with Crippen LogP contribution in [-0.2, 0) is 4.74 Å². The third-order valence-corrected chi connectivity index (χ3v) is 5.41. The number of fused-ring (bicyclic) bond motifs is 2. The molecule has 4 heterocycles. The van der Waals surface area contributed by atoms with Gasteiger partial charge >= 0.3 is 0 Å². The molecule has 0 saturated carbocycles. The number of carbonyl (C=O) groups excluding carboxylic acids is 1. The summed E-state index contributed by atoms with van der Waals surface area (Å²) in [5, 5.41) is 4.21. The van der Waals surface area contributed by atoms with Crippen LogP contribution in [0.2, 0.25) is 5.02 Å². The van der Waals surface area contributed by atoms with Gasteiger partial charge in [0.25, 0.3) is 5.91 Å². The molecule has 10 nitrogen and oxygen atoms in total. The van der Waals surface area contributed by atoms with Gasteiger partial charge in [-0.3, -0.25) is 4.79 Å². The van der Waals surface area contributed by atoms with Gasteiger partial charge in [0.1, 0.15) is 18.9 Å². The number of halogens is 1. The van der Waals surface area contributed by atoms with Gasteiger partial charge in [0.05, 0.1) is 42.0 Å². The van der Waals surface area contributed by atoms with Crippen LogP contribution in [-0.4, -0.2) is 72.4 Å². The molecule has 3 aromatic rings. The van der Waals surface area contributed by atoms with Gasteiger partial charge < -0.3 is 34.1 Å². The summed E-state index contributed by atoms with van der Waals surface area (Å²) < 4.78 is 22.4. The smallest absolute Gasteiger partial charge is 0.257 e. The Labute approximate surface area is 182 Å². The van der Waals surface area contributed by atoms with E-state index in [1.165, 1.54) is 7.11 Å². The van der Waals surface area contributed by atoms with Crippen LogP contribution in [0.25, 0.3) is 11.0 Å². The van der Waals surface area contributed by atoms with Crippen molar-refractivity contribution in [2.45, 2.75) is 0 Å². The van der Waals surface area contributed by atoms with Crippen molar-refractivity contribution < 1.29 is 23.7 Å². The summed E-state index contributed by atoms with van der Waals surface area (Å²) in [5.41, 5.74) is 1.56. The van der Waals surface area contributed by atoms with E-state index in [9.17, 15) is 4.79 Å². The highest BCUT2D eigenvalue weighted by atomic mass is 35.5. The third-order valence-electron chi connectivity index (χ3n) is 5.11. The second-order valence-corrected chi connectivity index (χ2v) is 7.37. The van der Waals surface area contributed by atoms with Gasteiger partial charge in [-0.1, -0.05) is 11.6 Å². The lowest BCUT2D eigenvalue weighted by Crippen LogP contribution is -2.41. The van der Waals surface area contributed by atoms with Crippen LogP contribution in [0, 0.1) is 0 Å². The van der Waals surface area contributed by atoms with Gasteiger partial charge in [0, 0.05) is 19.3 Å². The first-order chi connectivity index (χ1) is 15.2. The molecule has 0 radical (unpaired) electrons. The highest BCUT2D eigenvalue weighted by molar-refractivity contribution is 6.35.